The van der Waals surface area contributed by atoms with Crippen LogP contribution in [0.3, 0.4) is 0 Å². The molecular formula is C16H48N4O7S2. The van der Waals surface area contributed by atoms with Gasteiger partial charge in [-0.2, -0.15) is 24.4 Å². The number of aliphatic hydroxyl groups excluding tert-OH is 1. The molecule has 1 amide bonds. The van der Waals surface area contributed by atoms with Crippen LogP contribution < -0.4 is 17.2 Å². The summed E-state index contributed by atoms with van der Waals surface area (Å²) >= 11 is 5.28. The lowest BCUT2D eigenvalue weighted by Gasteiger charge is -1.63. The van der Waals surface area contributed by atoms with E-state index in [1.807, 2.05) is 12.5 Å². The number of thioether (sulfide) groups is 1. The second-order valence-electron chi connectivity index (χ2n) is 3.01. The number of hydrogen-bond acceptors (Lipinski definition) is 11. The van der Waals surface area contributed by atoms with E-state index < -0.39 is 4.92 Å². The summed E-state index contributed by atoms with van der Waals surface area (Å²) in [4.78, 5) is 35.8. The van der Waals surface area contributed by atoms with Crippen LogP contribution in [-0.4, -0.2) is 89.2 Å². The topological polar surface area (TPSA) is 202 Å². The lowest BCUT2D eigenvalue weighted by Crippen LogP contribution is -2.01. The average molecular weight is 473 g/mol. The summed E-state index contributed by atoms with van der Waals surface area (Å²) in [5, 5.41) is 15.8. The van der Waals surface area contributed by atoms with E-state index in [2.05, 4.69) is 34.6 Å². The Bertz CT molecular complexity index is 199. The number of amides is 1. The van der Waals surface area contributed by atoms with Gasteiger partial charge in [-0.1, -0.05) is 0 Å². The third-order valence-corrected chi connectivity index (χ3v) is 0. The van der Waals surface area contributed by atoms with Crippen LogP contribution in [0.5, 0.6) is 0 Å². The molecule has 186 valence electrons. The Kier molecular flexibility index (Phi) is 334. The normalized spacial score (nSPS) is 5.14. The quantitative estimate of drug-likeness (QED) is 0.145. The fourth-order valence-corrected chi connectivity index (χ4v) is 0. The number of aldehydes is 1. The van der Waals surface area contributed by atoms with Gasteiger partial charge in [-0.05, 0) is 53.6 Å². The minimum atomic E-state index is -0.500. The molecule has 13 heteroatoms. The third kappa shape index (κ3) is 10500. The van der Waals surface area contributed by atoms with Gasteiger partial charge in [0.05, 0.1) is 0 Å². The van der Waals surface area contributed by atoms with Gasteiger partial charge in [-0.3, -0.25) is 14.9 Å². The number of carbonyl (C=O) groups excluding carboxylic acids is 3. The maximum Gasteiger partial charge on any atom is 0.214 e. The molecule has 0 aliphatic carbocycles. The van der Waals surface area contributed by atoms with E-state index in [9.17, 15) is 9.59 Å². The predicted molar refractivity (Wildman–Crippen MR) is 132 cm³/mol. The van der Waals surface area contributed by atoms with Crippen LogP contribution in [0.2, 0.25) is 0 Å². The standard InChI is InChI=1S/C3H6O.C2H5NO.C2H6O.C2H4O.C2H6S.CH3NO2.2CH5N.CH4O.CH4S/c1-3(2)4;1-2(3)4;1-3-2;1-2-3;1-3-2;1-2(3)4;4*1-2/h1-2H3;1H3,(H2,3,4);1-2H3;2H,1H3;1-2H3;1H3;2*2H2,1H3;2*2H,1H3. The Labute approximate surface area is 188 Å². The van der Waals surface area contributed by atoms with Crippen LogP contribution in [0.4, 0.5) is 0 Å². The first-order chi connectivity index (χ1) is 13.4. The Morgan fingerprint density at radius 2 is 1.03 bits per heavy atom. The average Bonchev–Trinajstić information content (AvgIpc) is 2.62. The number of nitrogens with two attached hydrogens (primary N) is 3. The molecule has 0 heterocycles. The fraction of sp³-hybridized carbons (Fsp3) is 0.812. The van der Waals surface area contributed by atoms with Gasteiger partial charge in [-0.15, -0.1) is 0 Å². The van der Waals surface area contributed by atoms with Crippen molar-refractivity contribution in [1.82, 2.24) is 0 Å². The Morgan fingerprint density at radius 1 is 1.03 bits per heavy atom. The minimum Gasteiger partial charge on any atom is -0.400 e. The van der Waals surface area contributed by atoms with Gasteiger partial charge in [0.15, 0.2) is 7.05 Å². The number of nitro groups is 1. The third-order valence-electron chi connectivity index (χ3n) is 0. The number of hydrogen-bond donors (Lipinski definition) is 5. The summed E-state index contributed by atoms with van der Waals surface area (Å²) in [6.07, 6.45) is 6.53. The SMILES string of the molecule is CC(C)=O.CC(N)=O.CC=O.CN.CN.CO.COC.CS.CSC.C[N+](=O)[O-]. The molecular weight excluding hydrogens is 424 g/mol. The number of primary amides is 1. The number of carbonyl (C=O) groups is 3. The predicted octanol–water partition coefficient (Wildman–Crippen LogP) is 0.731. The van der Waals surface area contributed by atoms with Crippen molar-refractivity contribution in [3.8, 4) is 0 Å². The van der Waals surface area contributed by atoms with Crippen LogP contribution in [0.15, 0.2) is 0 Å². The van der Waals surface area contributed by atoms with Gasteiger partial charge < -0.3 is 36.6 Å². The van der Waals surface area contributed by atoms with Crippen molar-refractivity contribution in [2.24, 2.45) is 17.2 Å². The highest BCUT2D eigenvalue weighted by Gasteiger charge is 1.62. The number of ether oxygens (including phenoxy) is 1. The van der Waals surface area contributed by atoms with Crippen molar-refractivity contribution >= 4 is 42.4 Å². The molecule has 0 bridgehead atoms. The first-order valence-electron chi connectivity index (χ1n) is 7.50. The number of nitrogens with zero attached hydrogens (tertiary/aromatic N) is 1. The van der Waals surface area contributed by atoms with Gasteiger partial charge in [-0.25, -0.2) is 0 Å². The zero-order chi connectivity index (χ0) is 26.9. The molecule has 0 rings (SSSR count). The highest BCUT2D eigenvalue weighted by Crippen LogP contribution is 1.70. The van der Waals surface area contributed by atoms with E-state index >= 15 is 0 Å². The number of methoxy groups -OCH3 is 1. The molecule has 0 aromatic rings. The maximum atomic E-state index is 9.44. The molecule has 0 atom stereocenters. The van der Waals surface area contributed by atoms with Crippen molar-refractivity contribution < 1.29 is 29.2 Å². The number of ketones is 1. The highest BCUT2D eigenvalue weighted by atomic mass is 32.2. The van der Waals surface area contributed by atoms with Crippen LogP contribution in [0, 0.1) is 10.1 Å². The Morgan fingerprint density at radius 3 is 1.03 bits per heavy atom. The number of Topliss-reactive ketones (excluding diaryl/α,β-unsaturated/α-hetero) is 1. The molecule has 0 unspecified atom stereocenters. The van der Waals surface area contributed by atoms with Crippen molar-refractivity contribution in [2.75, 3.05) is 61.2 Å². The van der Waals surface area contributed by atoms with Crippen molar-refractivity contribution in [1.29, 1.82) is 0 Å². The van der Waals surface area contributed by atoms with Crippen molar-refractivity contribution in [3.05, 3.63) is 10.1 Å². The van der Waals surface area contributed by atoms with E-state index in [-0.39, 0.29) is 11.7 Å². The lowest BCUT2D eigenvalue weighted by molar-refractivity contribution is -0.445. The van der Waals surface area contributed by atoms with Gasteiger partial charge >= 0.3 is 0 Å². The van der Waals surface area contributed by atoms with E-state index in [0.29, 0.717) is 0 Å². The smallest absolute Gasteiger partial charge is 0.214 e. The molecule has 0 aromatic heterocycles. The van der Waals surface area contributed by atoms with Gasteiger partial charge in [0.1, 0.15) is 12.1 Å². The lowest BCUT2D eigenvalue weighted by atomic mass is 10.6. The molecule has 0 aromatic carbocycles. The fourth-order valence-electron chi connectivity index (χ4n) is 0. The zero-order valence-corrected chi connectivity index (χ0v) is 22.2. The Hall–Kier alpha value is -1.25. The maximum absolute atomic E-state index is 9.44. The zero-order valence-electron chi connectivity index (χ0n) is 20.5. The monoisotopic (exact) mass is 472 g/mol. The summed E-state index contributed by atoms with van der Waals surface area (Å²) in [6, 6.07) is 0. The molecule has 0 saturated heterocycles. The van der Waals surface area contributed by atoms with E-state index in [4.69, 9.17) is 20.0 Å². The molecule has 0 radical (unpaired) electrons. The minimum absolute atomic E-state index is 0.167. The molecule has 0 saturated carbocycles. The van der Waals surface area contributed by atoms with Gasteiger partial charge in [0.25, 0.3) is 0 Å². The van der Waals surface area contributed by atoms with Crippen LogP contribution in [-0.2, 0) is 19.1 Å². The molecule has 29 heavy (non-hydrogen) atoms. The first kappa shape index (κ1) is 63.0. The van der Waals surface area contributed by atoms with E-state index in [1.54, 1.807) is 32.2 Å². The number of thiol groups is 1. The Balaban J connectivity index is -0.0000000175. The number of aliphatic hydroxyl groups is 1. The van der Waals surface area contributed by atoms with Crippen molar-refractivity contribution in [2.45, 2.75) is 27.7 Å². The molecule has 0 spiro atoms. The van der Waals surface area contributed by atoms with Crippen LogP contribution in [0.25, 0.3) is 0 Å². The summed E-state index contributed by atoms with van der Waals surface area (Å²) in [7, 11) is 8.14. The highest BCUT2D eigenvalue weighted by molar-refractivity contribution is 7.97. The van der Waals surface area contributed by atoms with Gasteiger partial charge in [0, 0.05) is 33.2 Å². The largest absolute Gasteiger partial charge is 0.400 e. The van der Waals surface area contributed by atoms with E-state index in [1.165, 1.54) is 41.8 Å². The summed E-state index contributed by atoms with van der Waals surface area (Å²) < 4.78 is 4.25. The van der Waals surface area contributed by atoms with Crippen molar-refractivity contribution in [3.63, 3.8) is 0 Å². The van der Waals surface area contributed by atoms with Crippen LogP contribution >= 0.6 is 24.4 Å². The molecule has 0 aliphatic heterocycles. The van der Waals surface area contributed by atoms with Crippen LogP contribution in [0.1, 0.15) is 27.7 Å². The summed E-state index contributed by atoms with van der Waals surface area (Å²) in [6.45, 7) is 5.81. The summed E-state index contributed by atoms with van der Waals surface area (Å²) in [5.74, 6) is -0.167. The van der Waals surface area contributed by atoms with Gasteiger partial charge in [0.2, 0.25) is 5.91 Å². The summed E-state index contributed by atoms with van der Waals surface area (Å²) in [5.41, 5.74) is 13.5. The molecule has 11 nitrogen and oxygen atoms in total. The molecule has 7 N–H and O–H groups in total. The molecule has 0 aliphatic rings. The molecule has 0 fully saturated rings. The second kappa shape index (κ2) is 153. The first-order valence-corrected chi connectivity index (χ1v) is 10.0. The van der Waals surface area contributed by atoms with E-state index in [0.717, 1.165) is 20.4 Å². The number of rotatable bonds is 0. The second-order valence-corrected chi connectivity index (χ2v) is 3.83.